The molecule has 124 valence electrons. The molecule has 10 heteroatoms. The standard InChI is InChI=1S/C14H16N8OS/c1-9-17-19-14(24-9)16-13(23)10-4-6-21(7-5-10)12-3-2-11-18-15-8-22(11)20-12/h2-3,8,10H,4-7H2,1H3,(H,16,19,23). The van der Waals surface area contributed by atoms with E-state index in [4.69, 9.17) is 0 Å². The van der Waals surface area contributed by atoms with Crippen LogP contribution in [0.25, 0.3) is 5.65 Å². The summed E-state index contributed by atoms with van der Waals surface area (Å²) in [7, 11) is 0. The number of aryl methyl sites for hydroxylation is 1. The second-order valence-corrected chi connectivity index (χ2v) is 6.88. The summed E-state index contributed by atoms with van der Waals surface area (Å²) >= 11 is 1.39. The first-order valence-electron chi connectivity index (χ1n) is 7.72. The van der Waals surface area contributed by atoms with Gasteiger partial charge >= 0.3 is 0 Å². The second-order valence-electron chi connectivity index (χ2n) is 5.70. The highest BCUT2D eigenvalue weighted by atomic mass is 32.1. The number of rotatable bonds is 3. The molecule has 1 aliphatic heterocycles. The Labute approximate surface area is 141 Å². The van der Waals surface area contributed by atoms with Gasteiger partial charge in [-0.2, -0.15) is 4.52 Å². The number of aromatic nitrogens is 6. The van der Waals surface area contributed by atoms with Crippen molar-refractivity contribution in [3.05, 3.63) is 23.5 Å². The second kappa shape index (κ2) is 6.11. The molecular formula is C14H16N8OS. The molecule has 3 aromatic heterocycles. The zero-order chi connectivity index (χ0) is 16.5. The fourth-order valence-corrected chi connectivity index (χ4v) is 3.41. The third kappa shape index (κ3) is 2.92. The van der Waals surface area contributed by atoms with Gasteiger partial charge in [0.25, 0.3) is 0 Å². The number of nitrogens with one attached hydrogen (secondary N) is 1. The van der Waals surface area contributed by atoms with E-state index in [1.54, 1.807) is 10.8 Å². The predicted molar refractivity (Wildman–Crippen MR) is 89.0 cm³/mol. The van der Waals surface area contributed by atoms with Gasteiger partial charge in [0, 0.05) is 19.0 Å². The number of amides is 1. The lowest BCUT2D eigenvalue weighted by Gasteiger charge is -2.31. The van der Waals surface area contributed by atoms with Crippen LogP contribution in [-0.4, -0.2) is 49.0 Å². The van der Waals surface area contributed by atoms with E-state index in [0.29, 0.717) is 5.13 Å². The Bertz CT molecular complexity index is 866. The molecule has 1 fully saturated rings. The maximum absolute atomic E-state index is 12.3. The topological polar surface area (TPSA) is 101 Å². The van der Waals surface area contributed by atoms with E-state index in [2.05, 4.69) is 35.7 Å². The highest BCUT2D eigenvalue weighted by Crippen LogP contribution is 2.24. The Morgan fingerprint density at radius 1 is 1.25 bits per heavy atom. The molecule has 1 aliphatic rings. The van der Waals surface area contributed by atoms with Crippen molar-refractivity contribution < 1.29 is 4.79 Å². The van der Waals surface area contributed by atoms with E-state index in [0.717, 1.165) is 42.4 Å². The zero-order valence-corrected chi connectivity index (χ0v) is 13.9. The average molecular weight is 344 g/mol. The molecule has 0 aromatic carbocycles. The van der Waals surface area contributed by atoms with Gasteiger partial charge in [0.15, 0.2) is 5.65 Å². The number of piperidine rings is 1. The average Bonchev–Trinajstić information content (AvgIpc) is 3.23. The molecule has 0 saturated carbocycles. The molecule has 0 aliphatic carbocycles. The van der Waals surface area contributed by atoms with Gasteiger partial charge in [-0.1, -0.05) is 11.3 Å². The summed E-state index contributed by atoms with van der Waals surface area (Å²) in [5.74, 6) is 0.887. The molecule has 4 heterocycles. The van der Waals surface area contributed by atoms with Crippen LogP contribution in [0.5, 0.6) is 0 Å². The third-order valence-electron chi connectivity index (χ3n) is 4.09. The number of nitrogens with zero attached hydrogens (tertiary/aromatic N) is 7. The van der Waals surface area contributed by atoms with Gasteiger partial charge in [-0.25, -0.2) is 0 Å². The lowest BCUT2D eigenvalue weighted by Crippen LogP contribution is -2.38. The normalized spacial score (nSPS) is 15.8. The van der Waals surface area contributed by atoms with Crippen LogP contribution in [0.2, 0.25) is 0 Å². The maximum Gasteiger partial charge on any atom is 0.229 e. The van der Waals surface area contributed by atoms with Crippen LogP contribution in [0.15, 0.2) is 18.5 Å². The molecular weight excluding hydrogens is 328 g/mol. The van der Waals surface area contributed by atoms with Crippen LogP contribution in [0, 0.1) is 12.8 Å². The van der Waals surface area contributed by atoms with E-state index in [9.17, 15) is 4.79 Å². The molecule has 1 amide bonds. The Morgan fingerprint density at radius 2 is 2.08 bits per heavy atom. The number of hydrogen-bond acceptors (Lipinski definition) is 8. The summed E-state index contributed by atoms with van der Waals surface area (Å²) < 4.78 is 1.66. The van der Waals surface area contributed by atoms with Crippen molar-refractivity contribution in [3.63, 3.8) is 0 Å². The fourth-order valence-electron chi connectivity index (χ4n) is 2.81. The monoisotopic (exact) mass is 344 g/mol. The first-order valence-corrected chi connectivity index (χ1v) is 8.54. The van der Waals surface area contributed by atoms with Crippen LogP contribution in [0.1, 0.15) is 17.8 Å². The van der Waals surface area contributed by atoms with Crippen molar-refractivity contribution in [1.29, 1.82) is 0 Å². The van der Waals surface area contributed by atoms with Gasteiger partial charge in [0.1, 0.15) is 17.2 Å². The molecule has 0 radical (unpaired) electrons. The summed E-state index contributed by atoms with van der Waals surface area (Å²) in [6.07, 6.45) is 3.15. The fraction of sp³-hybridized carbons (Fsp3) is 0.429. The Hall–Kier alpha value is -2.62. The van der Waals surface area contributed by atoms with Gasteiger partial charge in [-0.15, -0.1) is 25.5 Å². The Balaban J connectivity index is 1.38. The quantitative estimate of drug-likeness (QED) is 0.760. The first-order chi connectivity index (χ1) is 11.7. The third-order valence-corrected chi connectivity index (χ3v) is 4.85. The van der Waals surface area contributed by atoms with Crippen LogP contribution < -0.4 is 10.2 Å². The summed E-state index contributed by atoms with van der Waals surface area (Å²) in [6.45, 7) is 3.44. The lowest BCUT2D eigenvalue weighted by atomic mass is 9.96. The number of anilines is 2. The largest absolute Gasteiger partial charge is 0.355 e. The van der Waals surface area contributed by atoms with E-state index in [1.807, 2.05) is 19.1 Å². The molecule has 24 heavy (non-hydrogen) atoms. The highest BCUT2D eigenvalue weighted by molar-refractivity contribution is 7.15. The number of carbonyl (C=O) groups is 1. The number of hydrogen-bond donors (Lipinski definition) is 1. The minimum Gasteiger partial charge on any atom is -0.355 e. The highest BCUT2D eigenvalue weighted by Gasteiger charge is 2.26. The van der Waals surface area contributed by atoms with Gasteiger partial charge in [-0.3, -0.25) is 4.79 Å². The van der Waals surface area contributed by atoms with Crippen molar-refractivity contribution in [3.8, 4) is 0 Å². The van der Waals surface area contributed by atoms with E-state index >= 15 is 0 Å². The predicted octanol–water partition coefficient (Wildman–Crippen LogP) is 1.14. The molecule has 0 spiro atoms. The summed E-state index contributed by atoms with van der Waals surface area (Å²) in [5.41, 5.74) is 0.723. The van der Waals surface area contributed by atoms with Gasteiger partial charge in [0.2, 0.25) is 11.0 Å². The van der Waals surface area contributed by atoms with E-state index < -0.39 is 0 Å². The summed E-state index contributed by atoms with van der Waals surface area (Å²) in [4.78, 5) is 14.5. The molecule has 1 N–H and O–H groups in total. The van der Waals surface area contributed by atoms with Gasteiger partial charge in [0.05, 0.1) is 0 Å². The minimum absolute atomic E-state index is 0.0101. The van der Waals surface area contributed by atoms with E-state index in [-0.39, 0.29) is 11.8 Å². The van der Waals surface area contributed by atoms with Crippen molar-refractivity contribution in [1.82, 2.24) is 30.0 Å². The first kappa shape index (κ1) is 14.9. The molecule has 3 aromatic rings. The molecule has 4 rings (SSSR count). The lowest BCUT2D eigenvalue weighted by molar-refractivity contribution is -0.120. The van der Waals surface area contributed by atoms with Gasteiger partial charge in [-0.05, 0) is 31.9 Å². The Morgan fingerprint density at radius 3 is 2.83 bits per heavy atom. The number of fused-ring (bicyclic) bond motifs is 1. The van der Waals surface area contributed by atoms with Crippen LogP contribution >= 0.6 is 11.3 Å². The molecule has 0 atom stereocenters. The number of carbonyl (C=O) groups excluding carboxylic acids is 1. The molecule has 9 nitrogen and oxygen atoms in total. The maximum atomic E-state index is 12.3. The molecule has 0 bridgehead atoms. The van der Waals surface area contributed by atoms with Crippen LogP contribution in [0.3, 0.4) is 0 Å². The van der Waals surface area contributed by atoms with Gasteiger partial charge < -0.3 is 10.2 Å². The van der Waals surface area contributed by atoms with Crippen molar-refractivity contribution in [2.45, 2.75) is 19.8 Å². The Kier molecular flexibility index (Phi) is 3.81. The molecule has 0 unspecified atom stereocenters. The van der Waals surface area contributed by atoms with E-state index in [1.165, 1.54) is 11.3 Å². The SMILES string of the molecule is Cc1nnc(NC(=O)C2CCN(c3ccc4nncn4n3)CC2)s1. The van der Waals surface area contributed by atoms with Crippen LogP contribution in [-0.2, 0) is 4.79 Å². The molecule has 1 saturated heterocycles. The smallest absolute Gasteiger partial charge is 0.229 e. The summed E-state index contributed by atoms with van der Waals surface area (Å²) in [6, 6.07) is 3.83. The summed E-state index contributed by atoms with van der Waals surface area (Å²) in [5, 5.41) is 24.4. The zero-order valence-electron chi connectivity index (χ0n) is 13.1. The minimum atomic E-state index is -0.0101. The van der Waals surface area contributed by atoms with Crippen molar-refractivity contribution in [2.24, 2.45) is 5.92 Å². The van der Waals surface area contributed by atoms with Crippen molar-refractivity contribution >= 4 is 33.8 Å². The van der Waals surface area contributed by atoms with Crippen LogP contribution in [0.4, 0.5) is 10.9 Å². The van der Waals surface area contributed by atoms with Crippen molar-refractivity contribution in [2.75, 3.05) is 23.3 Å².